The smallest absolute Gasteiger partial charge is 0.550 e. The molecule has 3 nitrogen and oxygen atoms in total. The average molecular weight is 302 g/mol. The maximum absolute atomic E-state index is 13.8. The van der Waals surface area contributed by atoms with Crippen molar-refractivity contribution in [3.05, 3.63) is 52.8 Å². The zero-order valence-corrected chi connectivity index (χ0v) is 13.6. The number of carbonyl (C=O) groups is 1. The molecular weight excluding hydrogens is 292 g/mol. The minimum absolute atomic E-state index is 0. The van der Waals surface area contributed by atoms with Crippen LogP contribution in [0.15, 0.2) is 36.4 Å². The van der Waals surface area contributed by atoms with Gasteiger partial charge in [-0.3, -0.25) is 0 Å². The molecule has 0 aromatic heterocycles. The summed E-state index contributed by atoms with van der Waals surface area (Å²) in [5.74, 6) is -1.72. The van der Waals surface area contributed by atoms with Crippen LogP contribution in [0.3, 0.4) is 0 Å². The number of carbonyl (C=O) groups excluding carboxylic acids is 1. The van der Waals surface area contributed by atoms with Crippen molar-refractivity contribution < 1.29 is 43.8 Å². The number of carboxylic acid groups (broad SMARTS) is 1. The van der Waals surface area contributed by atoms with Crippen molar-refractivity contribution in [2.75, 3.05) is 5.73 Å². The molecule has 0 atom stereocenters. The fraction of sp³-hybridized carbons (Fsp3) is 0.0714. The van der Waals surface area contributed by atoms with Crippen molar-refractivity contribution in [2.45, 2.75) is 6.42 Å². The molecule has 0 saturated heterocycles. The van der Waals surface area contributed by atoms with Gasteiger partial charge in [-0.1, -0.05) is 29.8 Å². The van der Waals surface area contributed by atoms with Gasteiger partial charge in [0.1, 0.15) is 5.82 Å². The van der Waals surface area contributed by atoms with Gasteiger partial charge in [-0.05, 0) is 23.8 Å². The molecule has 0 heterocycles. The summed E-state index contributed by atoms with van der Waals surface area (Å²) in [6, 6.07) is 9.03. The number of rotatable bonds is 3. The summed E-state index contributed by atoms with van der Waals surface area (Å²) in [4.78, 5) is 10.7. The Hall–Kier alpha value is -1.07. The van der Waals surface area contributed by atoms with E-state index in [1.807, 2.05) is 0 Å². The maximum Gasteiger partial charge on any atom is 1.00 e. The summed E-state index contributed by atoms with van der Waals surface area (Å²) in [5.41, 5.74) is 7.05. The second kappa shape index (κ2) is 7.09. The number of nitrogens with two attached hydrogens (primary N) is 1. The normalized spacial score (nSPS) is 9.90. The molecular formula is C14H10ClFNNaO2. The van der Waals surface area contributed by atoms with Crippen LogP contribution in [-0.2, 0) is 11.2 Å². The number of nitrogen functional groups attached to an aromatic ring is 1. The van der Waals surface area contributed by atoms with Crippen molar-refractivity contribution in [1.29, 1.82) is 0 Å². The Morgan fingerprint density at radius 1 is 1.25 bits per heavy atom. The van der Waals surface area contributed by atoms with E-state index < -0.39 is 11.8 Å². The third kappa shape index (κ3) is 3.73. The molecule has 0 spiro atoms. The van der Waals surface area contributed by atoms with Crippen LogP contribution in [0, 0.1) is 5.82 Å². The average Bonchev–Trinajstić information content (AvgIpc) is 2.33. The molecule has 2 rings (SSSR count). The Morgan fingerprint density at radius 2 is 1.90 bits per heavy atom. The third-order valence-corrected chi connectivity index (χ3v) is 2.95. The van der Waals surface area contributed by atoms with Gasteiger partial charge in [0.2, 0.25) is 0 Å². The molecule has 2 aromatic rings. The van der Waals surface area contributed by atoms with Crippen molar-refractivity contribution in [3.8, 4) is 11.1 Å². The molecule has 0 radical (unpaired) electrons. The quantitative estimate of drug-likeness (QED) is 0.586. The monoisotopic (exact) mass is 301 g/mol. The number of anilines is 1. The zero-order chi connectivity index (χ0) is 14.0. The van der Waals surface area contributed by atoms with E-state index in [2.05, 4.69) is 0 Å². The van der Waals surface area contributed by atoms with Gasteiger partial charge < -0.3 is 15.6 Å². The molecule has 0 aliphatic carbocycles. The van der Waals surface area contributed by atoms with Gasteiger partial charge in [0.25, 0.3) is 0 Å². The van der Waals surface area contributed by atoms with E-state index in [0.717, 1.165) is 0 Å². The second-order valence-electron chi connectivity index (χ2n) is 4.05. The minimum Gasteiger partial charge on any atom is -0.550 e. The topological polar surface area (TPSA) is 66.2 Å². The van der Waals surface area contributed by atoms with Crippen molar-refractivity contribution in [1.82, 2.24) is 0 Å². The Labute approximate surface area is 142 Å². The first-order chi connectivity index (χ1) is 8.99. The molecule has 2 aromatic carbocycles. The van der Waals surface area contributed by atoms with Crippen LogP contribution in [0.1, 0.15) is 5.56 Å². The van der Waals surface area contributed by atoms with E-state index in [1.165, 1.54) is 18.2 Å². The summed E-state index contributed by atoms with van der Waals surface area (Å²) < 4.78 is 13.8. The van der Waals surface area contributed by atoms with E-state index in [0.29, 0.717) is 16.1 Å². The standard InChI is InChI=1S/C14H11ClFNO2.Na/c15-9-5-8(6-13(18)19)14(17)11(7-9)10-3-1-2-4-12(10)16;/h1-5,7H,6,17H2,(H,18,19);/q;+1/p-1. The van der Waals surface area contributed by atoms with E-state index in [1.54, 1.807) is 18.2 Å². The van der Waals surface area contributed by atoms with Crippen molar-refractivity contribution in [3.63, 3.8) is 0 Å². The van der Waals surface area contributed by atoms with Crippen molar-refractivity contribution in [2.24, 2.45) is 0 Å². The van der Waals surface area contributed by atoms with Crippen LogP contribution in [-0.4, -0.2) is 5.97 Å². The van der Waals surface area contributed by atoms with Gasteiger partial charge in [-0.2, -0.15) is 0 Å². The largest absolute Gasteiger partial charge is 1.00 e. The van der Waals surface area contributed by atoms with Crippen LogP contribution in [0.25, 0.3) is 11.1 Å². The molecule has 6 heteroatoms. The Bertz CT molecular complexity index is 649. The Balaban J connectivity index is 0.00000200. The second-order valence-corrected chi connectivity index (χ2v) is 4.49. The van der Waals surface area contributed by atoms with Crippen molar-refractivity contribution >= 4 is 23.3 Å². The van der Waals surface area contributed by atoms with Gasteiger partial charge in [0.05, 0.1) is 0 Å². The van der Waals surface area contributed by atoms with Gasteiger partial charge in [-0.15, -0.1) is 0 Å². The van der Waals surface area contributed by atoms with Gasteiger partial charge in [-0.25, -0.2) is 4.39 Å². The first-order valence-electron chi connectivity index (χ1n) is 5.51. The van der Waals surface area contributed by atoms with Gasteiger partial charge in [0.15, 0.2) is 0 Å². The first kappa shape index (κ1) is 17.0. The molecule has 0 fully saturated rings. The summed E-state index contributed by atoms with van der Waals surface area (Å²) in [5, 5.41) is 11.0. The minimum atomic E-state index is -1.27. The van der Waals surface area contributed by atoms with Crippen LogP contribution >= 0.6 is 11.6 Å². The van der Waals surface area contributed by atoms with Crippen LogP contribution < -0.4 is 40.4 Å². The maximum atomic E-state index is 13.8. The fourth-order valence-electron chi connectivity index (χ4n) is 1.88. The molecule has 0 aliphatic rings. The van der Waals surface area contributed by atoms with Gasteiger partial charge >= 0.3 is 29.6 Å². The Kier molecular flexibility index (Phi) is 6.02. The number of benzene rings is 2. The molecule has 2 N–H and O–H groups in total. The summed E-state index contributed by atoms with van der Waals surface area (Å²) in [6.45, 7) is 0. The number of hydrogen-bond donors (Lipinski definition) is 1. The predicted octanol–water partition coefficient (Wildman–Crippen LogP) is -0.975. The van der Waals surface area contributed by atoms with Crippen LogP contribution in [0.5, 0.6) is 0 Å². The molecule has 0 amide bonds. The fourth-order valence-corrected chi connectivity index (χ4v) is 2.12. The van der Waals surface area contributed by atoms with Crippen LogP contribution in [0.4, 0.5) is 10.1 Å². The molecule has 0 aliphatic heterocycles. The molecule has 0 saturated carbocycles. The van der Waals surface area contributed by atoms with E-state index >= 15 is 0 Å². The third-order valence-electron chi connectivity index (χ3n) is 2.73. The molecule has 0 unspecified atom stereocenters. The number of halogens is 2. The summed E-state index contributed by atoms with van der Waals surface area (Å²) in [7, 11) is 0. The number of aliphatic carboxylic acids is 1. The number of hydrogen-bond acceptors (Lipinski definition) is 3. The predicted molar refractivity (Wildman–Crippen MR) is 70.0 cm³/mol. The van der Waals surface area contributed by atoms with E-state index in [9.17, 15) is 14.3 Å². The number of carboxylic acids is 1. The Morgan fingerprint density at radius 3 is 2.50 bits per heavy atom. The molecule has 20 heavy (non-hydrogen) atoms. The molecule has 0 bridgehead atoms. The summed E-state index contributed by atoms with van der Waals surface area (Å²) in [6.07, 6.45) is -0.367. The van der Waals surface area contributed by atoms with Crippen LogP contribution in [0.2, 0.25) is 5.02 Å². The zero-order valence-electron chi connectivity index (χ0n) is 10.8. The van der Waals surface area contributed by atoms with Gasteiger partial charge in [0, 0.05) is 34.2 Å². The van der Waals surface area contributed by atoms with E-state index in [-0.39, 0.29) is 47.2 Å². The SMILES string of the molecule is Nc1c(CC(=O)[O-])cc(Cl)cc1-c1ccccc1F.[Na+]. The first-order valence-corrected chi connectivity index (χ1v) is 5.89. The summed E-state index contributed by atoms with van der Waals surface area (Å²) >= 11 is 5.92. The molecule has 98 valence electrons. The van der Waals surface area contributed by atoms with E-state index in [4.69, 9.17) is 17.3 Å².